The number of benzene rings is 2. The van der Waals surface area contributed by atoms with E-state index in [1.54, 1.807) is 0 Å². The van der Waals surface area contributed by atoms with Crippen molar-refractivity contribution in [2.75, 3.05) is 0 Å². The van der Waals surface area contributed by atoms with Crippen LogP contribution in [0, 0.1) is 0 Å². The molecule has 0 aliphatic carbocycles. The van der Waals surface area contributed by atoms with Gasteiger partial charge in [0.15, 0.2) is 0 Å². The van der Waals surface area contributed by atoms with E-state index in [1.165, 1.54) is 48.4 Å². The molecule has 0 fully saturated rings. The van der Waals surface area contributed by atoms with Gasteiger partial charge in [0, 0.05) is 0 Å². The van der Waals surface area contributed by atoms with E-state index >= 15 is 0 Å². The zero-order chi connectivity index (χ0) is 11.2. The molecule has 1 heteroatoms. The van der Waals surface area contributed by atoms with E-state index in [9.17, 15) is 0 Å². The van der Waals surface area contributed by atoms with Crippen molar-refractivity contribution in [2.24, 2.45) is 0 Å². The number of fused-ring (bicyclic) bond motifs is 1. The van der Waals surface area contributed by atoms with Crippen molar-refractivity contribution in [3.63, 3.8) is 0 Å². The van der Waals surface area contributed by atoms with Gasteiger partial charge in [0.1, 0.15) is 0 Å². The molecule has 0 amide bonds. The molecule has 0 aromatic heterocycles. The van der Waals surface area contributed by atoms with Crippen molar-refractivity contribution >= 4 is 10.8 Å². The van der Waals surface area contributed by atoms with Crippen LogP contribution in [0.25, 0.3) is 10.8 Å². The lowest BCUT2D eigenvalue weighted by Crippen LogP contribution is -1.86. The summed E-state index contributed by atoms with van der Waals surface area (Å²) < 4.78 is 0. The SMILES string of the molecule is C.CCCCCCc1ccc2ccccc2c1.N. The fourth-order valence-corrected chi connectivity index (χ4v) is 2.15. The van der Waals surface area contributed by atoms with Gasteiger partial charge in [-0.15, -0.1) is 0 Å². The van der Waals surface area contributed by atoms with Crippen molar-refractivity contribution < 1.29 is 0 Å². The number of rotatable bonds is 5. The van der Waals surface area contributed by atoms with Gasteiger partial charge >= 0.3 is 0 Å². The molecule has 100 valence electrons. The van der Waals surface area contributed by atoms with Gasteiger partial charge in [-0.2, -0.15) is 0 Å². The summed E-state index contributed by atoms with van der Waals surface area (Å²) in [5.74, 6) is 0. The Labute approximate surface area is 112 Å². The Kier molecular flexibility index (Phi) is 8.06. The predicted octanol–water partition coefficient (Wildman–Crippen LogP) is 5.76. The number of unbranched alkanes of at least 4 members (excludes halogenated alkanes) is 3. The van der Waals surface area contributed by atoms with E-state index in [2.05, 4.69) is 49.4 Å². The molecule has 0 aliphatic heterocycles. The highest BCUT2D eigenvalue weighted by Crippen LogP contribution is 2.17. The zero-order valence-electron chi connectivity index (χ0n) is 10.8. The fourth-order valence-electron chi connectivity index (χ4n) is 2.15. The number of aryl methyl sites for hydroxylation is 1. The topological polar surface area (TPSA) is 35.0 Å². The molecular formula is C17H27N. The van der Waals surface area contributed by atoms with Crippen LogP contribution in [0.3, 0.4) is 0 Å². The smallest absolute Gasteiger partial charge is 0.0181 e. The third-order valence-corrected chi connectivity index (χ3v) is 3.13. The second-order valence-electron chi connectivity index (χ2n) is 4.49. The normalized spacial score (nSPS) is 9.61. The van der Waals surface area contributed by atoms with Crippen molar-refractivity contribution in [3.05, 3.63) is 48.0 Å². The zero-order valence-corrected chi connectivity index (χ0v) is 10.8. The van der Waals surface area contributed by atoms with Crippen molar-refractivity contribution in [2.45, 2.75) is 46.5 Å². The van der Waals surface area contributed by atoms with Gasteiger partial charge in [0.25, 0.3) is 0 Å². The van der Waals surface area contributed by atoms with Crippen molar-refractivity contribution in [1.82, 2.24) is 6.15 Å². The maximum Gasteiger partial charge on any atom is -0.0181 e. The lowest BCUT2D eigenvalue weighted by Gasteiger charge is -2.03. The summed E-state index contributed by atoms with van der Waals surface area (Å²) in [5.41, 5.74) is 1.48. The average Bonchev–Trinajstić information content (AvgIpc) is 2.34. The van der Waals surface area contributed by atoms with E-state index in [0.717, 1.165) is 0 Å². The summed E-state index contributed by atoms with van der Waals surface area (Å²) in [6.07, 6.45) is 6.60. The fraction of sp³-hybridized carbons (Fsp3) is 0.412. The summed E-state index contributed by atoms with van der Waals surface area (Å²) in [6.45, 7) is 2.26. The van der Waals surface area contributed by atoms with Gasteiger partial charge in [-0.3, -0.25) is 0 Å². The molecule has 0 saturated heterocycles. The molecule has 18 heavy (non-hydrogen) atoms. The molecule has 3 N–H and O–H groups in total. The Bertz CT molecular complexity index is 448. The van der Waals surface area contributed by atoms with Gasteiger partial charge in [0.05, 0.1) is 0 Å². The molecule has 0 radical (unpaired) electrons. The van der Waals surface area contributed by atoms with Gasteiger partial charge in [-0.05, 0) is 29.2 Å². The molecular weight excluding hydrogens is 218 g/mol. The molecule has 2 aromatic carbocycles. The van der Waals surface area contributed by atoms with Crippen molar-refractivity contribution in [1.29, 1.82) is 0 Å². The highest BCUT2D eigenvalue weighted by molar-refractivity contribution is 5.82. The summed E-state index contributed by atoms with van der Waals surface area (Å²) in [6, 6.07) is 15.4. The van der Waals surface area contributed by atoms with Crippen LogP contribution >= 0.6 is 0 Å². The summed E-state index contributed by atoms with van der Waals surface area (Å²) in [4.78, 5) is 0. The minimum Gasteiger partial charge on any atom is -0.344 e. The van der Waals surface area contributed by atoms with E-state index in [-0.39, 0.29) is 13.6 Å². The largest absolute Gasteiger partial charge is 0.344 e. The summed E-state index contributed by atoms with van der Waals surface area (Å²) in [5, 5.41) is 2.72. The van der Waals surface area contributed by atoms with Gasteiger partial charge in [-0.25, -0.2) is 0 Å². The van der Waals surface area contributed by atoms with E-state index in [4.69, 9.17) is 0 Å². The molecule has 0 heterocycles. The number of hydrogen-bond donors (Lipinski definition) is 1. The average molecular weight is 245 g/mol. The van der Waals surface area contributed by atoms with Gasteiger partial charge in [-0.1, -0.05) is 76.1 Å². The predicted molar refractivity (Wildman–Crippen MR) is 83.5 cm³/mol. The van der Waals surface area contributed by atoms with E-state index in [0.29, 0.717) is 0 Å². The van der Waals surface area contributed by atoms with Crippen LogP contribution in [0.5, 0.6) is 0 Å². The van der Waals surface area contributed by atoms with Crippen LogP contribution in [0.2, 0.25) is 0 Å². The Morgan fingerprint density at radius 2 is 1.56 bits per heavy atom. The Hall–Kier alpha value is -1.34. The summed E-state index contributed by atoms with van der Waals surface area (Å²) in [7, 11) is 0. The third kappa shape index (κ3) is 4.50. The number of hydrogen-bond acceptors (Lipinski definition) is 1. The lowest BCUT2D eigenvalue weighted by molar-refractivity contribution is 0.667. The molecule has 2 aromatic rings. The van der Waals surface area contributed by atoms with Crippen molar-refractivity contribution in [3.8, 4) is 0 Å². The second-order valence-corrected chi connectivity index (χ2v) is 4.49. The first kappa shape index (κ1) is 16.7. The minimum atomic E-state index is 0. The first-order valence-corrected chi connectivity index (χ1v) is 6.38. The van der Waals surface area contributed by atoms with E-state index < -0.39 is 0 Å². The van der Waals surface area contributed by atoms with E-state index in [1.807, 2.05) is 0 Å². The monoisotopic (exact) mass is 245 g/mol. The molecule has 0 aliphatic rings. The molecule has 2 rings (SSSR count). The van der Waals surface area contributed by atoms with Crippen LogP contribution in [0.1, 0.15) is 45.6 Å². The Morgan fingerprint density at radius 3 is 2.28 bits per heavy atom. The maximum absolute atomic E-state index is 2.33. The standard InChI is InChI=1S/C16H20.CH4.H3N/c1-2-3-4-5-8-14-11-12-15-9-6-7-10-16(15)13-14;;/h6-7,9-13H,2-5,8H2,1H3;1H4;1H3. The highest BCUT2D eigenvalue weighted by atomic mass is 14.0. The first-order valence-electron chi connectivity index (χ1n) is 6.38. The first-order chi connectivity index (χ1) is 7.90. The maximum atomic E-state index is 2.33. The Balaban J connectivity index is 0.00000144. The van der Waals surface area contributed by atoms with Crippen LogP contribution in [0.15, 0.2) is 42.5 Å². The van der Waals surface area contributed by atoms with Crippen LogP contribution in [-0.2, 0) is 6.42 Å². The van der Waals surface area contributed by atoms with Gasteiger partial charge < -0.3 is 6.15 Å². The molecule has 0 atom stereocenters. The van der Waals surface area contributed by atoms with Crippen LogP contribution in [-0.4, -0.2) is 0 Å². The van der Waals surface area contributed by atoms with Crippen LogP contribution in [0.4, 0.5) is 0 Å². The third-order valence-electron chi connectivity index (χ3n) is 3.13. The molecule has 0 bridgehead atoms. The van der Waals surface area contributed by atoms with Crippen LogP contribution < -0.4 is 6.15 Å². The van der Waals surface area contributed by atoms with Gasteiger partial charge in [0.2, 0.25) is 0 Å². The highest BCUT2D eigenvalue weighted by Gasteiger charge is 1.96. The Morgan fingerprint density at radius 1 is 0.833 bits per heavy atom. The minimum absolute atomic E-state index is 0. The second kappa shape index (κ2) is 8.71. The summed E-state index contributed by atoms with van der Waals surface area (Å²) >= 11 is 0. The molecule has 0 unspecified atom stereocenters. The quantitative estimate of drug-likeness (QED) is 0.668. The molecule has 0 saturated carbocycles. The molecule has 1 nitrogen and oxygen atoms in total. The molecule has 0 spiro atoms. The lowest BCUT2D eigenvalue weighted by atomic mass is 10.0.